The van der Waals surface area contributed by atoms with Crippen molar-refractivity contribution in [3.8, 4) is 11.5 Å². The van der Waals surface area contributed by atoms with Crippen LogP contribution in [0.1, 0.15) is 37.0 Å². The van der Waals surface area contributed by atoms with Gasteiger partial charge in [0.25, 0.3) is 0 Å². The largest absolute Gasteiger partial charge is 0.497 e. The molecule has 0 aliphatic carbocycles. The van der Waals surface area contributed by atoms with Gasteiger partial charge in [0.1, 0.15) is 17.6 Å². The van der Waals surface area contributed by atoms with E-state index in [1.165, 1.54) is 14.2 Å². The summed E-state index contributed by atoms with van der Waals surface area (Å²) in [4.78, 5) is 12.4. The number of Topliss-reactive ketones (excluding diaryl/α,β-unsaturated/α-hetero) is 1. The normalized spacial score (nSPS) is 12.3. The number of rotatable bonds is 7. The predicted molar refractivity (Wildman–Crippen MR) is 74.0 cm³/mol. The Morgan fingerprint density at radius 1 is 1.21 bits per heavy atom. The molecule has 1 aromatic carbocycles. The standard InChI is InChI=1S/C15H22O4/c1-5-10(6-2)14(16)15(17)12-9-11(18-3)7-8-13(12)19-4/h7-10,14,16H,5-6H2,1-4H3. The van der Waals surface area contributed by atoms with Gasteiger partial charge in [-0.05, 0) is 24.1 Å². The molecule has 1 aromatic rings. The molecule has 106 valence electrons. The Hall–Kier alpha value is -1.55. The summed E-state index contributed by atoms with van der Waals surface area (Å²) in [7, 11) is 3.04. The van der Waals surface area contributed by atoms with Crippen molar-refractivity contribution in [2.45, 2.75) is 32.8 Å². The van der Waals surface area contributed by atoms with Gasteiger partial charge >= 0.3 is 0 Å². The highest BCUT2D eigenvalue weighted by Gasteiger charge is 2.27. The van der Waals surface area contributed by atoms with Gasteiger partial charge in [-0.15, -0.1) is 0 Å². The topological polar surface area (TPSA) is 55.8 Å². The van der Waals surface area contributed by atoms with Gasteiger partial charge in [0.2, 0.25) is 0 Å². The van der Waals surface area contributed by atoms with Crippen molar-refractivity contribution in [2.75, 3.05) is 14.2 Å². The Balaban J connectivity index is 3.09. The highest BCUT2D eigenvalue weighted by molar-refractivity contribution is 6.02. The van der Waals surface area contributed by atoms with Crippen molar-refractivity contribution in [1.29, 1.82) is 0 Å². The van der Waals surface area contributed by atoms with Crippen molar-refractivity contribution < 1.29 is 19.4 Å². The smallest absolute Gasteiger partial charge is 0.195 e. The maximum absolute atomic E-state index is 12.4. The molecule has 1 N–H and O–H groups in total. The maximum atomic E-state index is 12.4. The maximum Gasteiger partial charge on any atom is 0.195 e. The van der Waals surface area contributed by atoms with Crippen molar-refractivity contribution >= 4 is 5.78 Å². The summed E-state index contributed by atoms with van der Waals surface area (Å²) in [6.45, 7) is 3.93. The molecule has 19 heavy (non-hydrogen) atoms. The van der Waals surface area contributed by atoms with Crippen LogP contribution in [0.5, 0.6) is 11.5 Å². The van der Waals surface area contributed by atoms with E-state index in [1.54, 1.807) is 18.2 Å². The van der Waals surface area contributed by atoms with E-state index in [4.69, 9.17) is 9.47 Å². The first-order valence-electron chi connectivity index (χ1n) is 6.53. The number of aliphatic hydroxyl groups excluding tert-OH is 1. The van der Waals surface area contributed by atoms with Crippen LogP contribution < -0.4 is 9.47 Å². The van der Waals surface area contributed by atoms with Crippen molar-refractivity contribution in [1.82, 2.24) is 0 Å². The molecule has 0 aliphatic heterocycles. The number of carbonyl (C=O) groups is 1. The lowest BCUT2D eigenvalue weighted by atomic mass is 9.90. The summed E-state index contributed by atoms with van der Waals surface area (Å²) in [6.07, 6.45) is 0.516. The van der Waals surface area contributed by atoms with Crippen LogP contribution in [0.25, 0.3) is 0 Å². The van der Waals surface area contributed by atoms with E-state index in [-0.39, 0.29) is 11.7 Å². The monoisotopic (exact) mass is 266 g/mol. The molecule has 0 fully saturated rings. The highest BCUT2D eigenvalue weighted by atomic mass is 16.5. The van der Waals surface area contributed by atoms with Crippen LogP contribution >= 0.6 is 0 Å². The van der Waals surface area contributed by atoms with E-state index in [0.29, 0.717) is 17.1 Å². The second-order valence-corrected chi connectivity index (χ2v) is 4.45. The number of ether oxygens (including phenoxy) is 2. The highest BCUT2D eigenvalue weighted by Crippen LogP contribution is 2.27. The van der Waals surface area contributed by atoms with E-state index in [0.717, 1.165) is 12.8 Å². The fourth-order valence-electron chi connectivity index (χ4n) is 2.12. The van der Waals surface area contributed by atoms with Gasteiger partial charge in [0.15, 0.2) is 5.78 Å². The molecular formula is C15H22O4. The van der Waals surface area contributed by atoms with Gasteiger partial charge in [-0.1, -0.05) is 26.7 Å². The van der Waals surface area contributed by atoms with E-state index in [1.807, 2.05) is 13.8 Å². The molecule has 0 saturated heterocycles. The van der Waals surface area contributed by atoms with Gasteiger partial charge in [-0.3, -0.25) is 4.79 Å². The second-order valence-electron chi connectivity index (χ2n) is 4.45. The predicted octanol–water partition coefficient (Wildman–Crippen LogP) is 2.68. The molecule has 0 aliphatic rings. The minimum atomic E-state index is -1.00. The average molecular weight is 266 g/mol. The Kier molecular flexibility index (Phi) is 5.83. The summed E-state index contributed by atoms with van der Waals surface area (Å²) in [5, 5.41) is 10.2. The molecule has 1 rings (SSSR count). The fraction of sp³-hybridized carbons (Fsp3) is 0.533. The zero-order chi connectivity index (χ0) is 14.4. The molecule has 0 heterocycles. The number of hydrogen-bond acceptors (Lipinski definition) is 4. The fourth-order valence-corrected chi connectivity index (χ4v) is 2.12. The Morgan fingerprint density at radius 3 is 2.32 bits per heavy atom. The lowest BCUT2D eigenvalue weighted by Crippen LogP contribution is -2.29. The van der Waals surface area contributed by atoms with Gasteiger partial charge in [-0.2, -0.15) is 0 Å². The summed E-state index contributed by atoms with van der Waals surface area (Å²) in [5.41, 5.74) is 0.362. The van der Waals surface area contributed by atoms with Crippen LogP contribution in [0.2, 0.25) is 0 Å². The molecule has 0 spiro atoms. The molecule has 1 unspecified atom stereocenters. The minimum absolute atomic E-state index is 0.0385. The zero-order valence-electron chi connectivity index (χ0n) is 12.0. The second kappa shape index (κ2) is 7.14. The third-order valence-corrected chi connectivity index (χ3v) is 3.44. The quantitative estimate of drug-likeness (QED) is 0.771. The number of carbonyl (C=O) groups excluding carboxylic acids is 1. The van der Waals surface area contributed by atoms with Gasteiger partial charge in [0.05, 0.1) is 19.8 Å². The zero-order valence-corrected chi connectivity index (χ0v) is 12.0. The number of aliphatic hydroxyl groups is 1. The molecular weight excluding hydrogens is 244 g/mol. The number of ketones is 1. The van der Waals surface area contributed by atoms with E-state index < -0.39 is 6.10 Å². The van der Waals surface area contributed by atoms with Crippen molar-refractivity contribution in [3.63, 3.8) is 0 Å². The molecule has 0 saturated carbocycles. The molecule has 4 nitrogen and oxygen atoms in total. The Labute approximate surface area is 114 Å². The average Bonchev–Trinajstić information content (AvgIpc) is 2.46. The van der Waals surface area contributed by atoms with Crippen LogP contribution in [-0.4, -0.2) is 31.2 Å². The number of methoxy groups -OCH3 is 2. The molecule has 0 aromatic heterocycles. The van der Waals surface area contributed by atoms with E-state index in [2.05, 4.69) is 0 Å². The molecule has 4 heteroatoms. The SMILES string of the molecule is CCC(CC)C(O)C(=O)c1cc(OC)ccc1OC. The number of hydrogen-bond donors (Lipinski definition) is 1. The number of benzene rings is 1. The lowest BCUT2D eigenvalue weighted by molar-refractivity contribution is 0.0584. The molecule has 0 bridgehead atoms. The van der Waals surface area contributed by atoms with Gasteiger partial charge < -0.3 is 14.6 Å². The van der Waals surface area contributed by atoms with Crippen LogP contribution in [0.4, 0.5) is 0 Å². The van der Waals surface area contributed by atoms with Gasteiger partial charge in [-0.25, -0.2) is 0 Å². The summed E-state index contributed by atoms with van der Waals surface area (Å²) in [6, 6.07) is 5.00. The summed E-state index contributed by atoms with van der Waals surface area (Å²) < 4.78 is 10.3. The van der Waals surface area contributed by atoms with Crippen molar-refractivity contribution in [2.24, 2.45) is 5.92 Å². The first-order chi connectivity index (χ1) is 9.08. The lowest BCUT2D eigenvalue weighted by Gasteiger charge is -2.20. The molecule has 0 amide bonds. The third kappa shape index (κ3) is 3.47. The summed E-state index contributed by atoms with van der Waals surface area (Å²) >= 11 is 0. The Morgan fingerprint density at radius 2 is 1.84 bits per heavy atom. The van der Waals surface area contributed by atoms with Crippen molar-refractivity contribution in [3.05, 3.63) is 23.8 Å². The van der Waals surface area contributed by atoms with E-state index >= 15 is 0 Å². The molecule has 1 atom stereocenters. The van der Waals surface area contributed by atoms with Crippen LogP contribution in [-0.2, 0) is 0 Å². The van der Waals surface area contributed by atoms with Crippen LogP contribution in [0, 0.1) is 5.92 Å². The van der Waals surface area contributed by atoms with Crippen LogP contribution in [0.3, 0.4) is 0 Å². The van der Waals surface area contributed by atoms with Gasteiger partial charge in [0, 0.05) is 0 Å². The Bertz CT molecular complexity index is 424. The summed E-state index contributed by atoms with van der Waals surface area (Å²) in [5.74, 6) is 0.671. The first kappa shape index (κ1) is 15.5. The van der Waals surface area contributed by atoms with Crippen LogP contribution in [0.15, 0.2) is 18.2 Å². The third-order valence-electron chi connectivity index (χ3n) is 3.44. The minimum Gasteiger partial charge on any atom is -0.497 e. The first-order valence-corrected chi connectivity index (χ1v) is 6.53. The molecule has 0 radical (unpaired) electrons. The van der Waals surface area contributed by atoms with E-state index in [9.17, 15) is 9.90 Å².